The van der Waals surface area contributed by atoms with Gasteiger partial charge < -0.3 is 20.4 Å². The van der Waals surface area contributed by atoms with Crippen LogP contribution >= 0.6 is 11.6 Å². The van der Waals surface area contributed by atoms with Crippen LogP contribution in [0.1, 0.15) is 43.2 Å². The standard InChI is InChI=1S/C25H30ClF3N6O/c1-15(2)30-13-19(17-4-6-18(26)7-5-17)24(36)35-10-8-34(9-11-35)23-21-20(25(27,28)29)12-16(3)33-22(21)31-14-32-23/h4-7,14-15,19-20,30H,3,8-13H2,1-2H3,(H,31,32,33)/t19-,20?/m1/s1. The molecule has 2 aromatic rings. The van der Waals surface area contributed by atoms with Crippen molar-refractivity contribution in [1.82, 2.24) is 20.2 Å². The SMILES string of the molecule is C=C1CC(C(F)(F)F)c2c(ncnc2N2CCN(C(=O)[C@H](CNC(C)C)c3ccc(Cl)cc3)CC2)N1. The highest BCUT2D eigenvalue weighted by Crippen LogP contribution is 2.47. The van der Waals surface area contributed by atoms with E-state index in [9.17, 15) is 18.0 Å². The molecule has 1 saturated heterocycles. The molecule has 0 spiro atoms. The second-order valence-corrected chi connectivity index (χ2v) is 9.90. The molecule has 36 heavy (non-hydrogen) atoms. The van der Waals surface area contributed by atoms with Crippen molar-refractivity contribution in [3.05, 3.63) is 59.0 Å². The number of benzene rings is 1. The van der Waals surface area contributed by atoms with Gasteiger partial charge in [0.15, 0.2) is 0 Å². The number of amides is 1. The van der Waals surface area contributed by atoms with Crippen molar-refractivity contribution < 1.29 is 18.0 Å². The maximum Gasteiger partial charge on any atom is 0.396 e. The van der Waals surface area contributed by atoms with Crippen LogP contribution in [-0.2, 0) is 4.79 Å². The monoisotopic (exact) mass is 522 g/mol. The van der Waals surface area contributed by atoms with E-state index in [4.69, 9.17) is 11.6 Å². The van der Waals surface area contributed by atoms with Crippen LogP contribution in [0.15, 0.2) is 42.9 Å². The quantitative estimate of drug-likeness (QED) is 0.580. The molecule has 1 amide bonds. The van der Waals surface area contributed by atoms with Crippen molar-refractivity contribution in [2.75, 3.05) is 42.9 Å². The molecule has 1 aromatic carbocycles. The number of hydrogen-bond acceptors (Lipinski definition) is 6. The fourth-order valence-corrected chi connectivity index (χ4v) is 4.79. The summed E-state index contributed by atoms with van der Waals surface area (Å²) >= 11 is 6.04. The molecule has 2 aliphatic rings. The third kappa shape index (κ3) is 5.75. The van der Waals surface area contributed by atoms with Gasteiger partial charge in [0.05, 0.1) is 11.8 Å². The molecule has 0 radical (unpaired) electrons. The average Bonchev–Trinajstić information content (AvgIpc) is 2.83. The van der Waals surface area contributed by atoms with Crippen LogP contribution in [0.4, 0.5) is 24.8 Å². The van der Waals surface area contributed by atoms with Crippen LogP contribution in [0.25, 0.3) is 0 Å². The molecule has 0 bridgehead atoms. The molecule has 0 saturated carbocycles. The van der Waals surface area contributed by atoms with E-state index in [0.717, 1.165) is 5.56 Å². The first-order valence-corrected chi connectivity index (χ1v) is 12.3. The molecule has 11 heteroatoms. The summed E-state index contributed by atoms with van der Waals surface area (Å²) in [7, 11) is 0. The summed E-state index contributed by atoms with van der Waals surface area (Å²) in [5, 5.41) is 6.81. The number of halogens is 4. The third-order valence-corrected chi connectivity index (χ3v) is 6.80. The Morgan fingerprint density at radius 3 is 2.47 bits per heavy atom. The second-order valence-electron chi connectivity index (χ2n) is 9.47. The van der Waals surface area contributed by atoms with Gasteiger partial charge in [-0.15, -0.1) is 0 Å². The number of fused-ring (bicyclic) bond motifs is 1. The summed E-state index contributed by atoms with van der Waals surface area (Å²) in [6.45, 7) is 9.67. The van der Waals surface area contributed by atoms with Crippen LogP contribution in [0.2, 0.25) is 5.02 Å². The average molecular weight is 523 g/mol. The normalized spacial score (nSPS) is 19.2. The molecular weight excluding hydrogens is 493 g/mol. The number of carbonyl (C=O) groups is 1. The number of allylic oxidation sites excluding steroid dienone is 1. The van der Waals surface area contributed by atoms with Gasteiger partial charge in [0.2, 0.25) is 5.91 Å². The van der Waals surface area contributed by atoms with Crippen molar-refractivity contribution in [1.29, 1.82) is 0 Å². The molecular formula is C25H30ClF3N6O. The Morgan fingerprint density at radius 2 is 1.86 bits per heavy atom. The van der Waals surface area contributed by atoms with Gasteiger partial charge in [0.25, 0.3) is 0 Å². The van der Waals surface area contributed by atoms with E-state index in [0.29, 0.717) is 37.7 Å². The van der Waals surface area contributed by atoms with Gasteiger partial charge in [-0.2, -0.15) is 13.2 Å². The molecule has 1 aromatic heterocycles. The molecule has 2 atom stereocenters. The van der Waals surface area contributed by atoms with Crippen LogP contribution in [0, 0.1) is 0 Å². The maximum absolute atomic E-state index is 13.9. The van der Waals surface area contributed by atoms with Crippen molar-refractivity contribution >= 4 is 29.1 Å². The first-order valence-electron chi connectivity index (χ1n) is 11.9. The fourth-order valence-electron chi connectivity index (χ4n) is 4.66. The topological polar surface area (TPSA) is 73.4 Å². The van der Waals surface area contributed by atoms with E-state index in [-0.39, 0.29) is 41.3 Å². The van der Waals surface area contributed by atoms with Gasteiger partial charge in [0, 0.05) is 61.5 Å². The summed E-state index contributed by atoms with van der Waals surface area (Å²) < 4.78 is 41.7. The molecule has 0 aliphatic carbocycles. The number of nitrogens with zero attached hydrogens (tertiary/aromatic N) is 4. The van der Waals surface area contributed by atoms with E-state index in [2.05, 4.69) is 27.2 Å². The summed E-state index contributed by atoms with van der Waals surface area (Å²) in [5.41, 5.74) is 1.18. The number of piperazine rings is 1. The molecule has 3 heterocycles. The minimum Gasteiger partial charge on any atom is -0.353 e. The molecule has 1 unspecified atom stereocenters. The lowest BCUT2D eigenvalue weighted by atomic mass is 9.90. The highest BCUT2D eigenvalue weighted by Gasteiger charge is 2.47. The maximum atomic E-state index is 13.9. The molecule has 194 valence electrons. The Labute approximate surface area is 213 Å². The third-order valence-electron chi connectivity index (χ3n) is 6.54. The highest BCUT2D eigenvalue weighted by molar-refractivity contribution is 6.30. The van der Waals surface area contributed by atoms with Gasteiger partial charge in [0.1, 0.15) is 18.0 Å². The van der Waals surface area contributed by atoms with Gasteiger partial charge in [-0.1, -0.05) is 44.2 Å². The Kier molecular flexibility index (Phi) is 7.75. The minimum atomic E-state index is -4.45. The zero-order chi connectivity index (χ0) is 26.0. The Bertz CT molecular complexity index is 1100. The minimum absolute atomic E-state index is 0.0269. The highest BCUT2D eigenvalue weighted by atomic mass is 35.5. The number of rotatable bonds is 6. The first-order chi connectivity index (χ1) is 17.0. The largest absolute Gasteiger partial charge is 0.396 e. The van der Waals surface area contributed by atoms with Crippen molar-refractivity contribution in [3.63, 3.8) is 0 Å². The number of hydrogen-bond donors (Lipinski definition) is 2. The van der Waals surface area contributed by atoms with Gasteiger partial charge in [-0.25, -0.2) is 9.97 Å². The lowest BCUT2D eigenvalue weighted by molar-refractivity contribution is -0.150. The van der Waals surface area contributed by atoms with Gasteiger partial charge in [-0.3, -0.25) is 4.79 Å². The van der Waals surface area contributed by atoms with Crippen LogP contribution in [0.3, 0.4) is 0 Å². The molecule has 4 rings (SSSR count). The number of anilines is 2. The van der Waals surface area contributed by atoms with E-state index < -0.39 is 18.0 Å². The fraction of sp³-hybridized carbons (Fsp3) is 0.480. The second kappa shape index (κ2) is 10.6. The lowest BCUT2D eigenvalue weighted by Gasteiger charge is -2.39. The number of aromatic nitrogens is 2. The molecule has 7 nitrogen and oxygen atoms in total. The van der Waals surface area contributed by atoms with Crippen molar-refractivity contribution in [2.45, 2.75) is 44.3 Å². The van der Waals surface area contributed by atoms with Crippen LogP contribution in [0.5, 0.6) is 0 Å². The summed E-state index contributed by atoms with van der Waals surface area (Å²) in [4.78, 5) is 25.4. The van der Waals surface area contributed by atoms with Gasteiger partial charge in [-0.05, 0) is 17.7 Å². The predicted octanol–water partition coefficient (Wildman–Crippen LogP) is 4.54. The van der Waals surface area contributed by atoms with E-state index in [1.54, 1.807) is 17.0 Å². The lowest BCUT2D eigenvalue weighted by Crippen LogP contribution is -2.51. The number of nitrogens with one attached hydrogen (secondary N) is 2. The van der Waals surface area contributed by atoms with Gasteiger partial charge >= 0.3 is 6.18 Å². The van der Waals surface area contributed by atoms with E-state index in [1.165, 1.54) is 6.33 Å². The molecule has 1 fully saturated rings. The summed E-state index contributed by atoms with van der Waals surface area (Å²) in [5.74, 6) is -1.76. The van der Waals surface area contributed by atoms with Crippen LogP contribution in [-0.4, -0.2) is 65.7 Å². The summed E-state index contributed by atoms with van der Waals surface area (Å²) in [6, 6.07) is 7.45. The first kappa shape index (κ1) is 26.2. The zero-order valence-corrected chi connectivity index (χ0v) is 21.0. The van der Waals surface area contributed by atoms with E-state index >= 15 is 0 Å². The van der Waals surface area contributed by atoms with Crippen molar-refractivity contribution in [2.24, 2.45) is 0 Å². The summed E-state index contributed by atoms with van der Waals surface area (Å²) in [6.07, 6.45) is -3.45. The van der Waals surface area contributed by atoms with E-state index in [1.807, 2.05) is 30.9 Å². The molecule has 2 aliphatic heterocycles. The number of alkyl halides is 3. The Balaban J connectivity index is 1.52. The predicted molar refractivity (Wildman–Crippen MR) is 134 cm³/mol. The Hall–Kier alpha value is -2.85. The molecule has 2 N–H and O–H groups in total. The number of carbonyl (C=O) groups excluding carboxylic acids is 1. The smallest absolute Gasteiger partial charge is 0.353 e. The Morgan fingerprint density at radius 1 is 1.19 bits per heavy atom. The van der Waals surface area contributed by atoms with Crippen LogP contribution < -0.4 is 15.5 Å². The van der Waals surface area contributed by atoms with Crippen molar-refractivity contribution in [3.8, 4) is 0 Å². The zero-order valence-electron chi connectivity index (χ0n) is 20.3.